The molecule has 1 aliphatic heterocycles. The summed E-state index contributed by atoms with van der Waals surface area (Å²) < 4.78 is 5.37. The van der Waals surface area contributed by atoms with E-state index >= 15 is 0 Å². The standard InChI is InChI=1S/C12H25NOS/c1-13(7-3-2-4-10-15)11-12-5-8-14-9-6-12/h12,15H,2-11H2,1H3. The molecule has 0 aliphatic carbocycles. The summed E-state index contributed by atoms with van der Waals surface area (Å²) in [5.41, 5.74) is 0. The van der Waals surface area contributed by atoms with Crippen LogP contribution in [-0.2, 0) is 4.74 Å². The highest BCUT2D eigenvalue weighted by molar-refractivity contribution is 7.80. The van der Waals surface area contributed by atoms with Crippen LogP contribution in [0.15, 0.2) is 0 Å². The average molecular weight is 231 g/mol. The molecule has 0 atom stereocenters. The molecule has 1 aliphatic rings. The molecule has 0 radical (unpaired) electrons. The first-order chi connectivity index (χ1) is 7.33. The SMILES string of the molecule is CN(CCCCCS)CC1CCOCC1. The maximum atomic E-state index is 5.37. The van der Waals surface area contributed by atoms with Crippen LogP contribution in [0, 0.1) is 5.92 Å². The molecule has 0 saturated carbocycles. The Labute approximate surface area is 99.8 Å². The molecule has 0 unspecified atom stereocenters. The third-order valence-electron chi connectivity index (χ3n) is 3.11. The maximum Gasteiger partial charge on any atom is 0.0469 e. The van der Waals surface area contributed by atoms with Crippen molar-refractivity contribution in [3.05, 3.63) is 0 Å². The number of rotatable bonds is 7. The van der Waals surface area contributed by atoms with E-state index in [0.717, 1.165) is 24.9 Å². The van der Waals surface area contributed by atoms with Gasteiger partial charge in [-0.1, -0.05) is 6.42 Å². The summed E-state index contributed by atoms with van der Waals surface area (Å²) in [6, 6.07) is 0. The van der Waals surface area contributed by atoms with E-state index in [-0.39, 0.29) is 0 Å². The Morgan fingerprint density at radius 1 is 1.20 bits per heavy atom. The number of ether oxygens (including phenoxy) is 1. The minimum absolute atomic E-state index is 0.869. The lowest BCUT2D eigenvalue weighted by atomic mass is 10.00. The molecule has 15 heavy (non-hydrogen) atoms. The van der Waals surface area contributed by atoms with Gasteiger partial charge in [-0.3, -0.25) is 0 Å². The van der Waals surface area contributed by atoms with Gasteiger partial charge in [0, 0.05) is 19.8 Å². The second-order valence-corrected chi connectivity index (χ2v) is 5.05. The molecular weight excluding hydrogens is 206 g/mol. The van der Waals surface area contributed by atoms with Crippen LogP contribution in [0.1, 0.15) is 32.1 Å². The molecule has 0 aromatic heterocycles. The first-order valence-electron chi connectivity index (χ1n) is 6.20. The van der Waals surface area contributed by atoms with Crippen LogP contribution in [0.4, 0.5) is 0 Å². The van der Waals surface area contributed by atoms with E-state index in [1.807, 2.05) is 0 Å². The summed E-state index contributed by atoms with van der Waals surface area (Å²) in [5.74, 6) is 1.90. The first kappa shape index (κ1) is 13.3. The van der Waals surface area contributed by atoms with Gasteiger partial charge >= 0.3 is 0 Å². The van der Waals surface area contributed by atoms with E-state index in [4.69, 9.17) is 4.74 Å². The molecule has 3 heteroatoms. The summed E-state index contributed by atoms with van der Waals surface area (Å²) in [6.07, 6.45) is 6.40. The molecular formula is C12H25NOS. The zero-order chi connectivity index (χ0) is 10.9. The maximum absolute atomic E-state index is 5.37. The van der Waals surface area contributed by atoms with E-state index in [0.29, 0.717) is 0 Å². The van der Waals surface area contributed by atoms with Crippen molar-refractivity contribution in [2.75, 3.05) is 39.1 Å². The Balaban J connectivity index is 1.98. The predicted molar refractivity (Wildman–Crippen MR) is 68.7 cm³/mol. The fourth-order valence-corrected chi connectivity index (χ4v) is 2.35. The van der Waals surface area contributed by atoms with Gasteiger partial charge in [0.2, 0.25) is 0 Å². The smallest absolute Gasteiger partial charge is 0.0469 e. The summed E-state index contributed by atoms with van der Waals surface area (Å²) in [5, 5.41) is 0. The zero-order valence-corrected chi connectivity index (χ0v) is 10.8. The van der Waals surface area contributed by atoms with Crippen LogP contribution in [0.2, 0.25) is 0 Å². The second-order valence-electron chi connectivity index (χ2n) is 4.60. The van der Waals surface area contributed by atoms with Gasteiger partial charge in [-0.2, -0.15) is 12.6 Å². The van der Waals surface area contributed by atoms with Crippen molar-refractivity contribution in [1.29, 1.82) is 0 Å². The van der Waals surface area contributed by atoms with Crippen LogP contribution in [0.5, 0.6) is 0 Å². The molecule has 2 nitrogen and oxygen atoms in total. The van der Waals surface area contributed by atoms with Gasteiger partial charge in [0.15, 0.2) is 0 Å². The topological polar surface area (TPSA) is 12.5 Å². The lowest BCUT2D eigenvalue weighted by Crippen LogP contribution is -2.30. The predicted octanol–water partition coefficient (Wildman–Crippen LogP) is 2.44. The molecule has 1 rings (SSSR count). The van der Waals surface area contributed by atoms with Crippen molar-refractivity contribution in [3.8, 4) is 0 Å². The van der Waals surface area contributed by atoms with Crippen molar-refractivity contribution in [2.45, 2.75) is 32.1 Å². The highest BCUT2D eigenvalue weighted by atomic mass is 32.1. The van der Waals surface area contributed by atoms with E-state index in [1.165, 1.54) is 45.2 Å². The van der Waals surface area contributed by atoms with Gasteiger partial charge in [0.05, 0.1) is 0 Å². The van der Waals surface area contributed by atoms with Gasteiger partial charge in [-0.15, -0.1) is 0 Å². The van der Waals surface area contributed by atoms with Crippen molar-refractivity contribution >= 4 is 12.6 Å². The van der Waals surface area contributed by atoms with Crippen LogP contribution >= 0.6 is 12.6 Å². The zero-order valence-electron chi connectivity index (χ0n) is 9.95. The van der Waals surface area contributed by atoms with Gasteiger partial charge in [-0.25, -0.2) is 0 Å². The highest BCUT2D eigenvalue weighted by Crippen LogP contribution is 2.15. The minimum Gasteiger partial charge on any atom is -0.381 e. The van der Waals surface area contributed by atoms with Gasteiger partial charge in [0.1, 0.15) is 0 Å². The number of hydrogen-bond acceptors (Lipinski definition) is 3. The fourth-order valence-electron chi connectivity index (χ4n) is 2.13. The van der Waals surface area contributed by atoms with E-state index in [1.54, 1.807) is 0 Å². The number of nitrogens with zero attached hydrogens (tertiary/aromatic N) is 1. The van der Waals surface area contributed by atoms with Crippen LogP contribution < -0.4 is 0 Å². The van der Waals surface area contributed by atoms with Crippen LogP contribution in [0.3, 0.4) is 0 Å². The molecule has 0 N–H and O–H groups in total. The Hall–Kier alpha value is 0.270. The van der Waals surface area contributed by atoms with Gasteiger partial charge in [0.25, 0.3) is 0 Å². The van der Waals surface area contributed by atoms with E-state index in [9.17, 15) is 0 Å². The number of hydrogen-bond donors (Lipinski definition) is 1. The average Bonchev–Trinajstić information content (AvgIpc) is 2.26. The van der Waals surface area contributed by atoms with Gasteiger partial charge in [-0.05, 0) is 50.9 Å². The minimum atomic E-state index is 0.869. The van der Waals surface area contributed by atoms with Crippen molar-refractivity contribution in [3.63, 3.8) is 0 Å². The van der Waals surface area contributed by atoms with E-state index in [2.05, 4.69) is 24.6 Å². The molecule has 1 fully saturated rings. The third kappa shape index (κ3) is 6.44. The molecule has 0 bridgehead atoms. The summed E-state index contributed by atoms with van der Waals surface area (Å²) in [7, 11) is 2.25. The molecule has 0 spiro atoms. The van der Waals surface area contributed by atoms with Crippen LogP contribution in [-0.4, -0.2) is 44.0 Å². The Bertz CT molecular complexity index is 149. The lowest BCUT2D eigenvalue weighted by Gasteiger charge is -2.27. The van der Waals surface area contributed by atoms with E-state index < -0.39 is 0 Å². The van der Waals surface area contributed by atoms with Crippen LogP contribution in [0.25, 0.3) is 0 Å². The Morgan fingerprint density at radius 2 is 1.93 bits per heavy atom. The number of thiol groups is 1. The normalized spacial score (nSPS) is 18.6. The molecule has 1 heterocycles. The molecule has 0 amide bonds. The van der Waals surface area contributed by atoms with Crippen molar-refractivity contribution < 1.29 is 4.74 Å². The molecule has 0 aromatic rings. The summed E-state index contributed by atoms with van der Waals surface area (Å²) >= 11 is 4.22. The van der Waals surface area contributed by atoms with Crippen molar-refractivity contribution in [2.24, 2.45) is 5.92 Å². The third-order valence-corrected chi connectivity index (χ3v) is 3.42. The molecule has 1 saturated heterocycles. The fraction of sp³-hybridized carbons (Fsp3) is 1.00. The highest BCUT2D eigenvalue weighted by Gasteiger charge is 2.15. The lowest BCUT2D eigenvalue weighted by molar-refractivity contribution is 0.0556. The molecule has 90 valence electrons. The molecule has 0 aromatic carbocycles. The van der Waals surface area contributed by atoms with Gasteiger partial charge < -0.3 is 9.64 Å². The quantitative estimate of drug-likeness (QED) is 0.534. The largest absolute Gasteiger partial charge is 0.381 e. The second kappa shape index (κ2) is 8.43. The number of unbranched alkanes of at least 4 members (excludes halogenated alkanes) is 2. The Kier molecular flexibility index (Phi) is 7.49. The summed E-state index contributed by atoms with van der Waals surface area (Å²) in [4.78, 5) is 2.48. The van der Waals surface area contributed by atoms with Crippen molar-refractivity contribution in [1.82, 2.24) is 4.90 Å². The Morgan fingerprint density at radius 3 is 2.60 bits per heavy atom. The summed E-state index contributed by atoms with van der Waals surface area (Å²) in [6.45, 7) is 4.44. The monoisotopic (exact) mass is 231 g/mol. The first-order valence-corrected chi connectivity index (χ1v) is 6.83.